The van der Waals surface area contributed by atoms with E-state index in [1.54, 1.807) is 0 Å². The van der Waals surface area contributed by atoms with Crippen molar-refractivity contribution in [2.75, 3.05) is 0 Å². The van der Waals surface area contributed by atoms with Crippen molar-refractivity contribution in [2.24, 2.45) is 0 Å². The van der Waals surface area contributed by atoms with E-state index in [9.17, 15) is 4.79 Å². The fourth-order valence-corrected chi connectivity index (χ4v) is 4.46. The molecule has 31 heavy (non-hydrogen) atoms. The number of nitrogens with zero attached hydrogens (tertiary/aromatic N) is 4. The van der Waals surface area contributed by atoms with Crippen molar-refractivity contribution in [3.63, 3.8) is 0 Å². The van der Waals surface area contributed by atoms with Crippen molar-refractivity contribution >= 4 is 16.9 Å². The molecule has 0 aliphatic heterocycles. The quantitative estimate of drug-likeness (QED) is 0.527. The van der Waals surface area contributed by atoms with Gasteiger partial charge in [-0.15, -0.1) is 0 Å². The highest BCUT2D eigenvalue weighted by Crippen LogP contribution is 2.31. The van der Waals surface area contributed by atoms with E-state index in [4.69, 9.17) is 0 Å². The molecule has 0 saturated carbocycles. The lowest BCUT2D eigenvalue weighted by Gasteiger charge is -2.24. The summed E-state index contributed by atoms with van der Waals surface area (Å²) in [5.41, 5.74) is 7.99. The van der Waals surface area contributed by atoms with Gasteiger partial charge in [-0.1, -0.05) is 18.2 Å². The number of hydrogen-bond acceptors (Lipinski definition) is 3. The molecule has 0 bridgehead atoms. The van der Waals surface area contributed by atoms with E-state index >= 15 is 0 Å². The van der Waals surface area contributed by atoms with Crippen LogP contribution in [-0.2, 0) is 17.8 Å². The van der Waals surface area contributed by atoms with Gasteiger partial charge in [0.25, 0.3) is 0 Å². The number of nitrogens with one attached hydrogen (secondary N) is 1. The van der Waals surface area contributed by atoms with E-state index in [0.29, 0.717) is 13.0 Å². The number of amides is 1. The van der Waals surface area contributed by atoms with E-state index in [1.807, 2.05) is 46.0 Å². The van der Waals surface area contributed by atoms with Gasteiger partial charge >= 0.3 is 0 Å². The van der Waals surface area contributed by atoms with Gasteiger partial charge in [-0.05, 0) is 68.5 Å². The average molecular weight is 414 g/mol. The summed E-state index contributed by atoms with van der Waals surface area (Å²) < 4.78 is 4.08. The molecule has 0 radical (unpaired) electrons. The van der Waals surface area contributed by atoms with Crippen molar-refractivity contribution < 1.29 is 4.79 Å². The number of aryl methyl sites for hydroxylation is 3. The second-order valence-electron chi connectivity index (χ2n) is 8.42. The van der Waals surface area contributed by atoms with Crippen LogP contribution in [0.3, 0.4) is 0 Å². The third-order valence-corrected chi connectivity index (χ3v) is 6.36. The van der Waals surface area contributed by atoms with Gasteiger partial charge in [0.1, 0.15) is 0 Å². The van der Waals surface area contributed by atoms with Crippen LogP contribution in [0.25, 0.3) is 16.7 Å². The summed E-state index contributed by atoms with van der Waals surface area (Å²) in [6, 6.07) is 14.5. The molecule has 1 N–H and O–H groups in total. The second kappa shape index (κ2) is 8.02. The Morgan fingerprint density at radius 2 is 2.03 bits per heavy atom. The summed E-state index contributed by atoms with van der Waals surface area (Å²) in [5.74, 6) is 0.0644. The van der Waals surface area contributed by atoms with Gasteiger partial charge in [0.2, 0.25) is 5.91 Å². The lowest BCUT2D eigenvalue weighted by atomic mass is 9.92. The molecule has 0 saturated heterocycles. The van der Waals surface area contributed by atoms with Gasteiger partial charge in [0.15, 0.2) is 0 Å². The Labute approximate surface area is 181 Å². The molecular formula is C25H27N5O. The van der Waals surface area contributed by atoms with Crippen LogP contribution in [0.1, 0.15) is 47.7 Å². The number of imidazole rings is 1. The van der Waals surface area contributed by atoms with E-state index in [2.05, 4.69) is 47.4 Å². The van der Waals surface area contributed by atoms with E-state index in [1.165, 1.54) is 16.8 Å². The number of benzene rings is 2. The fraction of sp³-hybridized carbons (Fsp3) is 0.320. The molecule has 1 atom stereocenters. The highest BCUT2D eigenvalue weighted by Gasteiger charge is 2.26. The lowest BCUT2D eigenvalue weighted by molar-refractivity contribution is -0.122. The summed E-state index contributed by atoms with van der Waals surface area (Å²) >= 11 is 0. The van der Waals surface area contributed by atoms with Crippen molar-refractivity contribution in [1.29, 1.82) is 0 Å². The number of rotatable bonds is 5. The SMILES string of the molecule is Cc1ccc(-n2ncc3c2CCC[C@H]3NC(=O)CCn2cnc3ccccc32)cc1C. The van der Waals surface area contributed by atoms with Crippen molar-refractivity contribution in [2.45, 2.75) is 52.1 Å². The number of fused-ring (bicyclic) bond motifs is 2. The molecule has 6 heteroatoms. The highest BCUT2D eigenvalue weighted by molar-refractivity contribution is 5.78. The first-order valence-electron chi connectivity index (χ1n) is 10.9. The minimum absolute atomic E-state index is 0.0241. The summed E-state index contributed by atoms with van der Waals surface area (Å²) in [7, 11) is 0. The van der Waals surface area contributed by atoms with E-state index in [-0.39, 0.29) is 11.9 Å². The van der Waals surface area contributed by atoms with Crippen LogP contribution < -0.4 is 5.32 Å². The topological polar surface area (TPSA) is 64.7 Å². The zero-order valence-electron chi connectivity index (χ0n) is 18.0. The predicted molar refractivity (Wildman–Crippen MR) is 121 cm³/mol. The first-order valence-corrected chi connectivity index (χ1v) is 10.9. The maximum absolute atomic E-state index is 12.7. The van der Waals surface area contributed by atoms with Gasteiger partial charge in [-0.25, -0.2) is 9.67 Å². The minimum atomic E-state index is 0.0241. The third kappa shape index (κ3) is 3.74. The first-order chi connectivity index (χ1) is 15.1. The van der Waals surface area contributed by atoms with Crippen LogP contribution >= 0.6 is 0 Å². The number of hydrogen-bond donors (Lipinski definition) is 1. The number of aromatic nitrogens is 4. The largest absolute Gasteiger partial charge is 0.349 e. The van der Waals surface area contributed by atoms with Crippen LogP contribution in [0.15, 0.2) is 55.0 Å². The van der Waals surface area contributed by atoms with Gasteiger partial charge in [-0.2, -0.15) is 5.10 Å². The zero-order valence-corrected chi connectivity index (χ0v) is 18.0. The van der Waals surface area contributed by atoms with Crippen molar-refractivity contribution in [3.8, 4) is 5.69 Å². The molecule has 1 amide bonds. The first kappa shape index (κ1) is 19.5. The molecule has 4 aromatic rings. The molecule has 6 nitrogen and oxygen atoms in total. The normalized spacial score (nSPS) is 15.7. The number of carbonyl (C=O) groups is 1. The average Bonchev–Trinajstić information content (AvgIpc) is 3.39. The molecule has 158 valence electrons. The molecular weight excluding hydrogens is 386 g/mol. The second-order valence-corrected chi connectivity index (χ2v) is 8.42. The highest BCUT2D eigenvalue weighted by atomic mass is 16.1. The maximum Gasteiger partial charge on any atom is 0.222 e. The van der Waals surface area contributed by atoms with Gasteiger partial charge in [-0.3, -0.25) is 4.79 Å². The summed E-state index contributed by atoms with van der Waals surface area (Å²) in [5, 5.41) is 7.91. The molecule has 1 aliphatic rings. The Hall–Kier alpha value is -3.41. The van der Waals surface area contributed by atoms with Gasteiger partial charge in [0.05, 0.1) is 35.3 Å². The Morgan fingerprint density at radius 1 is 1.16 bits per heavy atom. The van der Waals surface area contributed by atoms with Crippen molar-refractivity contribution in [3.05, 3.63) is 77.4 Å². The molecule has 0 fully saturated rings. The molecule has 2 heterocycles. The summed E-state index contributed by atoms with van der Waals surface area (Å²) in [4.78, 5) is 17.1. The third-order valence-electron chi connectivity index (χ3n) is 6.36. The summed E-state index contributed by atoms with van der Waals surface area (Å²) in [6.07, 6.45) is 7.14. The Balaban J connectivity index is 1.29. The van der Waals surface area contributed by atoms with Crippen LogP contribution in [0.5, 0.6) is 0 Å². The minimum Gasteiger partial charge on any atom is -0.349 e. The molecule has 5 rings (SSSR count). The molecule has 0 spiro atoms. The van der Waals surface area contributed by atoms with Crippen LogP contribution in [-0.4, -0.2) is 25.2 Å². The van der Waals surface area contributed by atoms with Crippen LogP contribution in [0, 0.1) is 13.8 Å². The smallest absolute Gasteiger partial charge is 0.222 e. The van der Waals surface area contributed by atoms with Crippen molar-refractivity contribution in [1.82, 2.24) is 24.6 Å². The maximum atomic E-state index is 12.7. The predicted octanol–water partition coefficient (Wildman–Crippen LogP) is 4.42. The summed E-state index contributed by atoms with van der Waals surface area (Å²) in [6.45, 7) is 4.87. The Morgan fingerprint density at radius 3 is 2.90 bits per heavy atom. The number of para-hydroxylation sites is 2. The molecule has 1 aliphatic carbocycles. The number of carbonyl (C=O) groups excluding carboxylic acids is 1. The van der Waals surface area contributed by atoms with E-state index in [0.717, 1.165) is 41.5 Å². The molecule has 2 aromatic carbocycles. The monoisotopic (exact) mass is 413 g/mol. The Bertz CT molecular complexity index is 1250. The molecule has 0 unspecified atom stereocenters. The van der Waals surface area contributed by atoms with Gasteiger partial charge < -0.3 is 9.88 Å². The lowest BCUT2D eigenvalue weighted by Crippen LogP contribution is -2.31. The fourth-order valence-electron chi connectivity index (χ4n) is 4.46. The molecule has 2 aromatic heterocycles. The van der Waals surface area contributed by atoms with Crippen LogP contribution in [0.4, 0.5) is 0 Å². The van der Waals surface area contributed by atoms with Gasteiger partial charge in [0, 0.05) is 24.2 Å². The zero-order chi connectivity index (χ0) is 21.4. The Kier molecular flexibility index (Phi) is 5.06. The standard InChI is InChI=1S/C25H27N5O/c1-17-10-11-19(14-18(17)2)30-23-9-5-7-21(20(23)15-27-30)28-25(31)12-13-29-16-26-22-6-3-4-8-24(22)29/h3-4,6,8,10-11,14-16,21H,5,7,9,12-13H2,1-2H3,(H,28,31)/t21-/m1/s1. The van der Waals surface area contributed by atoms with E-state index < -0.39 is 0 Å². The van der Waals surface area contributed by atoms with Crippen LogP contribution in [0.2, 0.25) is 0 Å².